The van der Waals surface area contributed by atoms with E-state index in [1.165, 1.54) is 18.2 Å². The van der Waals surface area contributed by atoms with Crippen LogP contribution in [0.2, 0.25) is 0 Å². The van der Waals surface area contributed by atoms with E-state index in [2.05, 4.69) is 10.6 Å². The number of nitrogens with one attached hydrogen (secondary N) is 2. The molecule has 13 heteroatoms. The average molecular weight is 568 g/mol. The predicted molar refractivity (Wildman–Crippen MR) is 135 cm³/mol. The van der Waals surface area contributed by atoms with Crippen LogP contribution in [0.4, 0.5) is 28.9 Å². The van der Waals surface area contributed by atoms with Crippen LogP contribution in [-0.4, -0.2) is 48.0 Å². The van der Waals surface area contributed by atoms with Crippen molar-refractivity contribution in [2.75, 3.05) is 18.5 Å². The lowest BCUT2D eigenvalue weighted by molar-refractivity contribution is -0.388. The standard InChI is InChI=1S/C27H29F4N3O6/c28-17-1-10-25-16(13-17)14-21(40-25)7-9-24(35)26(36)32-11-12-39-20-5-2-18(3-6-20)33-19-4-8-23(34(37)38)22(15-19)27(29,30)31/h1,4,8,10,13,15,18,20-21,33H,2-3,5-7,9,11-12,14H2,(H,32,36). The number of hydrogen-bond donors (Lipinski definition) is 2. The van der Waals surface area contributed by atoms with Crippen molar-refractivity contribution in [3.8, 4) is 5.75 Å². The van der Waals surface area contributed by atoms with Crippen molar-refractivity contribution in [3.05, 3.63) is 63.5 Å². The fraction of sp³-hybridized carbons (Fsp3) is 0.481. The number of fused-ring (bicyclic) bond motifs is 1. The second-order valence-corrected chi connectivity index (χ2v) is 9.89. The highest BCUT2D eigenvalue weighted by Crippen LogP contribution is 2.38. The number of benzene rings is 2. The van der Waals surface area contributed by atoms with Gasteiger partial charge in [-0.3, -0.25) is 19.7 Å². The Morgan fingerprint density at radius 2 is 1.85 bits per heavy atom. The summed E-state index contributed by atoms with van der Waals surface area (Å²) in [4.78, 5) is 34.1. The molecule has 40 heavy (non-hydrogen) atoms. The van der Waals surface area contributed by atoms with E-state index in [0.29, 0.717) is 44.3 Å². The Hall–Kier alpha value is -3.74. The number of ether oxygens (including phenoxy) is 2. The highest BCUT2D eigenvalue weighted by molar-refractivity contribution is 6.36. The van der Waals surface area contributed by atoms with E-state index in [1.54, 1.807) is 6.07 Å². The summed E-state index contributed by atoms with van der Waals surface area (Å²) in [5.41, 5.74) is -1.39. The van der Waals surface area contributed by atoms with Crippen molar-refractivity contribution >= 4 is 23.1 Å². The predicted octanol–water partition coefficient (Wildman–Crippen LogP) is 4.96. The molecule has 1 amide bonds. The van der Waals surface area contributed by atoms with Crippen LogP contribution >= 0.6 is 0 Å². The van der Waals surface area contributed by atoms with Gasteiger partial charge in [0.15, 0.2) is 0 Å². The summed E-state index contributed by atoms with van der Waals surface area (Å²) in [6.07, 6.45) is -1.89. The number of carbonyl (C=O) groups is 2. The van der Waals surface area contributed by atoms with E-state index in [4.69, 9.17) is 9.47 Å². The smallest absolute Gasteiger partial charge is 0.423 e. The summed E-state index contributed by atoms with van der Waals surface area (Å²) in [5, 5.41) is 16.5. The first-order valence-corrected chi connectivity index (χ1v) is 13.0. The van der Waals surface area contributed by atoms with Gasteiger partial charge >= 0.3 is 6.18 Å². The van der Waals surface area contributed by atoms with Gasteiger partial charge in [-0.2, -0.15) is 13.2 Å². The van der Waals surface area contributed by atoms with Gasteiger partial charge in [-0.15, -0.1) is 0 Å². The zero-order valence-corrected chi connectivity index (χ0v) is 21.5. The number of halogens is 4. The summed E-state index contributed by atoms with van der Waals surface area (Å²) in [6, 6.07) is 7.01. The highest BCUT2D eigenvalue weighted by Gasteiger charge is 2.38. The molecule has 1 saturated carbocycles. The molecule has 1 aliphatic carbocycles. The number of nitro benzene ring substituents is 1. The average Bonchev–Trinajstić information content (AvgIpc) is 3.32. The van der Waals surface area contributed by atoms with E-state index < -0.39 is 34.0 Å². The Bertz CT molecular complexity index is 1250. The third-order valence-electron chi connectivity index (χ3n) is 7.00. The monoisotopic (exact) mass is 567 g/mol. The SMILES string of the molecule is O=C(CCC1Cc2cc(F)ccc2O1)C(=O)NCCOC1CCC(Nc2ccc([N+](=O)[O-])c(C(F)(F)F)c2)CC1. The summed E-state index contributed by atoms with van der Waals surface area (Å²) in [5.74, 6) is -1.04. The minimum atomic E-state index is -4.84. The van der Waals surface area contributed by atoms with E-state index in [0.717, 1.165) is 17.7 Å². The Balaban J connectivity index is 1.11. The largest absolute Gasteiger partial charge is 0.490 e. The van der Waals surface area contributed by atoms with E-state index in [9.17, 15) is 37.3 Å². The number of rotatable bonds is 11. The van der Waals surface area contributed by atoms with Crippen LogP contribution in [0, 0.1) is 15.9 Å². The summed E-state index contributed by atoms with van der Waals surface area (Å²) in [7, 11) is 0. The number of anilines is 1. The second-order valence-electron chi connectivity index (χ2n) is 9.89. The molecule has 1 fully saturated rings. The zero-order valence-electron chi connectivity index (χ0n) is 21.5. The normalized spacial score (nSPS) is 20.4. The summed E-state index contributed by atoms with van der Waals surface area (Å²) < 4.78 is 64.4. The number of carbonyl (C=O) groups excluding carboxylic acids is 2. The maximum Gasteiger partial charge on any atom is 0.423 e. The molecule has 0 radical (unpaired) electrons. The first-order valence-electron chi connectivity index (χ1n) is 13.0. The fourth-order valence-corrected chi connectivity index (χ4v) is 4.97. The first kappa shape index (κ1) is 29.2. The van der Waals surface area contributed by atoms with Gasteiger partial charge in [0.1, 0.15) is 23.2 Å². The van der Waals surface area contributed by atoms with Crippen LogP contribution in [-0.2, 0) is 26.9 Å². The lowest BCUT2D eigenvalue weighted by Crippen LogP contribution is -2.35. The van der Waals surface area contributed by atoms with Crippen molar-refractivity contribution in [1.29, 1.82) is 0 Å². The van der Waals surface area contributed by atoms with Crippen molar-refractivity contribution in [1.82, 2.24) is 5.32 Å². The topological polar surface area (TPSA) is 120 Å². The number of alkyl halides is 3. The summed E-state index contributed by atoms with van der Waals surface area (Å²) >= 11 is 0. The van der Waals surface area contributed by atoms with Gasteiger partial charge < -0.3 is 20.1 Å². The molecular formula is C27H29F4N3O6. The number of nitrogens with zero attached hydrogens (tertiary/aromatic N) is 1. The molecule has 2 aliphatic rings. The summed E-state index contributed by atoms with van der Waals surface area (Å²) in [6.45, 7) is 0.349. The fourth-order valence-electron chi connectivity index (χ4n) is 4.97. The molecule has 0 saturated heterocycles. The van der Waals surface area contributed by atoms with E-state index in [1.807, 2.05) is 0 Å². The Kier molecular flexibility index (Phi) is 9.23. The Morgan fingerprint density at radius 3 is 2.55 bits per heavy atom. The molecule has 1 aliphatic heterocycles. The molecule has 1 heterocycles. The maximum atomic E-state index is 13.3. The van der Waals surface area contributed by atoms with Crippen molar-refractivity contribution in [2.24, 2.45) is 0 Å². The van der Waals surface area contributed by atoms with E-state index >= 15 is 0 Å². The quantitative estimate of drug-likeness (QED) is 0.129. The molecular weight excluding hydrogens is 538 g/mol. The van der Waals surface area contributed by atoms with Gasteiger partial charge in [-0.05, 0) is 62.4 Å². The number of ketones is 1. The van der Waals surface area contributed by atoms with Crippen LogP contribution in [0.25, 0.3) is 0 Å². The van der Waals surface area contributed by atoms with Crippen LogP contribution in [0.15, 0.2) is 36.4 Å². The minimum absolute atomic E-state index is 0.00403. The molecule has 0 aromatic heterocycles. The Morgan fingerprint density at radius 1 is 1.10 bits per heavy atom. The third kappa shape index (κ3) is 7.68. The molecule has 2 aromatic carbocycles. The molecule has 2 N–H and O–H groups in total. The molecule has 0 spiro atoms. The molecule has 2 aromatic rings. The van der Waals surface area contributed by atoms with E-state index in [-0.39, 0.29) is 49.3 Å². The molecule has 0 bridgehead atoms. The first-order chi connectivity index (χ1) is 19.0. The molecule has 9 nitrogen and oxygen atoms in total. The van der Waals surface area contributed by atoms with Gasteiger partial charge in [0, 0.05) is 42.7 Å². The molecule has 216 valence electrons. The lowest BCUT2D eigenvalue weighted by Gasteiger charge is -2.30. The number of amides is 1. The highest BCUT2D eigenvalue weighted by atomic mass is 19.4. The van der Waals surface area contributed by atoms with Gasteiger partial charge in [-0.1, -0.05) is 0 Å². The number of hydrogen-bond acceptors (Lipinski definition) is 7. The molecule has 1 atom stereocenters. The van der Waals surface area contributed by atoms with Gasteiger partial charge in [0.2, 0.25) is 5.78 Å². The molecule has 1 unspecified atom stereocenters. The van der Waals surface area contributed by atoms with Crippen LogP contribution < -0.4 is 15.4 Å². The zero-order chi connectivity index (χ0) is 28.9. The van der Waals surface area contributed by atoms with Crippen LogP contribution in [0.3, 0.4) is 0 Å². The Labute approximate surface area is 227 Å². The van der Waals surface area contributed by atoms with Crippen molar-refractivity contribution in [3.63, 3.8) is 0 Å². The van der Waals surface area contributed by atoms with Gasteiger partial charge in [0.25, 0.3) is 11.6 Å². The maximum absolute atomic E-state index is 13.3. The van der Waals surface area contributed by atoms with Crippen molar-refractivity contribution in [2.45, 2.75) is 69.4 Å². The minimum Gasteiger partial charge on any atom is -0.490 e. The molecule has 4 rings (SSSR count). The third-order valence-corrected chi connectivity index (χ3v) is 7.00. The van der Waals surface area contributed by atoms with Gasteiger partial charge in [0.05, 0.1) is 17.6 Å². The lowest BCUT2D eigenvalue weighted by atomic mass is 9.92. The van der Waals surface area contributed by atoms with Crippen LogP contribution in [0.1, 0.15) is 49.7 Å². The number of Topliss-reactive ketones (excluding diaryl/α,β-unsaturated/α-hetero) is 1. The van der Waals surface area contributed by atoms with Crippen LogP contribution in [0.5, 0.6) is 5.75 Å². The number of nitro groups is 1. The van der Waals surface area contributed by atoms with Gasteiger partial charge in [-0.25, -0.2) is 4.39 Å². The van der Waals surface area contributed by atoms with Crippen molar-refractivity contribution < 1.29 is 41.5 Å². The second kappa shape index (κ2) is 12.6.